The van der Waals surface area contributed by atoms with E-state index >= 15 is 0 Å². The molecule has 1 atom stereocenters. The summed E-state index contributed by atoms with van der Waals surface area (Å²) in [4.78, 5) is 12.0. The van der Waals surface area contributed by atoms with Gasteiger partial charge in [0.15, 0.2) is 6.10 Å². The summed E-state index contributed by atoms with van der Waals surface area (Å²) in [5.74, 6) is 0.473. The Bertz CT molecular complexity index is 389. The van der Waals surface area contributed by atoms with Crippen LogP contribution in [0.15, 0.2) is 30.3 Å². The summed E-state index contributed by atoms with van der Waals surface area (Å²) in [5.41, 5.74) is 0. The molecule has 3 heteroatoms. The van der Waals surface area contributed by atoms with E-state index in [4.69, 9.17) is 9.47 Å². The van der Waals surface area contributed by atoms with Crippen LogP contribution in [-0.2, 0) is 9.53 Å². The normalized spacial score (nSPS) is 11.9. The van der Waals surface area contributed by atoms with Crippen LogP contribution in [0.2, 0.25) is 0 Å². The predicted octanol–water partition coefficient (Wildman–Crippen LogP) is 5.14. The fourth-order valence-electron chi connectivity index (χ4n) is 2.41. The molecule has 0 spiro atoms. The number of hydrogen-bond donors (Lipinski definition) is 0. The van der Waals surface area contributed by atoms with Crippen molar-refractivity contribution in [2.45, 2.75) is 71.3 Å². The molecule has 22 heavy (non-hydrogen) atoms. The van der Waals surface area contributed by atoms with E-state index in [1.807, 2.05) is 37.3 Å². The fourth-order valence-corrected chi connectivity index (χ4v) is 2.41. The van der Waals surface area contributed by atoms with Crippen LogP contribution in [0.4, 0.5) is 0 Å². The first-order valence-corrected chi connectivity index (χ1v) is 8.66. The molecule has 0 heterocycles. The largest absolute Gasteiger partial charge is 0.479 e. The third-order valence-corrected chi connectivity index (χ3v) is 3.64. The van der Waals surface area contributed by atoms with Crippen LogP contribution in [0.1, 0.15) is 65.2 Å². The molecule has 124 valence electrons. The highest BCUT2D eigenvalue weighted by Gasteiger charge is 2.21. The average Bonchev–Trinajstić information content (AvgIpc) is 2.54. The molecule has 0 saturated heterocycles. The number of benzene rings is 1. The molecular weight excluding hydrogens is 276 g/mol. The quantitative estimate of drug-likeness (QED) is 0.396. The van der Waals surface area contributed by atoms with Crippen molar-refractivity contribution in [1.82, 2.24) is 0 Å². The first-order valence-electron chi connectivity index (χ1n) is 8.66. The van der Waals surface area contributed by atoms with E-state index in [1.165, 1.54) is 32.1 Å². The van der Waals surface area contributed by atoms with Gasteiger partial charge in [0, 0.05) is 0 Å². The van der Waals surface area contributed by atoms with Crippen molar-refractivity contribution in [1.29, 1.82) is 0 Å². The van der Waals surface area contributed by atoms with E-state index < -0.39 is 6.10 Å². The van der Waals surface area contributed by atoms with Crippen LogP contribution < -0.4 is 4.74 Å². The Balaban J connectivity index is 2.34. The van der Waals surface area contributed by atoms with Crippen molar-refractivity contribution in [2.24, 2.45) is 0 Å². The van der Waals surface area contributed by atoms with Gasteiger partial charge in [0.25, 0.3) is 0 Å². The van der Waals surface area contributed by atoms with E-state index in [0.717, 1.165) is 25.0 Å². The van der Waals surface area contributed by atoms with Gasteiger partial charge in [0.2, 0.25) is 0 Å². The summed E-state index contributed by atoms with van der Waals surface area (Å²) in [5, 5.41) is 0. The maximum Gasteiger partial charge on any atom is 0.347 e. The fraction of sp³-hybridized carbons (Fsp3) is 0.632. The molecule has 1 unspecified atom stereocenters. The smallest absolute Gasteiger partial charge is 0.347 e. The third kappa shape index (κ3) is 8.06. The van der Waals surface area contributed by atoms with Crippen LogP contribution in [-0.4, -0.2) is 18.7 Å². The van der Waals surface area contributed by atoms with Crippen molar-refractivity contribution < 1.29 is 14.3 Å². The lowest BCUT2D eigenvalue weighted by Gasteiger charge is -2.17. The molecule has 1 aromatic carbocycles. The second kappa shape index (κ2) is 12.1. The van der Waals surface area contributed by atoms with E-state index in [0.29, 0.717) is 6.61 Å². The first-order chi connectivity index (χ1) is 10.8. The Labute approximate surface area is 135 Å². The molecule has 0 aliphatic rings. The Hall–Kier alpha value is -1.51. The van der Waals surface area contributed by atoms with E-state index in [9.17, 15) is 4.79 Å². The molecule has 0 saturated carbocycles. The first kappa shape index (κ1) is 18.5. The molecular formula is C19H30O3. The number of carbonyl (C=O) groups is 1. The highest BCUT2D eigenvalue weighted by atomic mass is 16.6. The van der Waals surface area contributed by atoms with Gasteiger partial charge in [-0.1, -0.05) is 63.6 Å². The van der Waals surface area contributed by atoms with Crippen molar-refractivity contribution in [3.8, 4) is 5.75 Å². The van der Waals surface area contributed by atoms with Gasteiger partial charge in [0.1, 0.15) is 5.75 Å². The number of hydrogen-bond acceptors (Lipinski definition) is 3. The van der Waals surface area contributed by atoms with Crippen LogP contribution in [0.5, 0.6) is 5.75 Å². The maximum absolute atomic E-state index is 12.0. The summed E-state index contributed by atoms with van der Waals surface area (Å²) >= 11 is 0. The van der Waals surface area contributed by atoms with Gasteiger partial charge in [-0.15, -0.1) is 0 Å². The minimum absolute atomic E-state index is 0.252. The van der Waals surface area contributed by atoms with E-state index in [-0.39, 0.29) is 5.97 Å². The Morgan fingerprint density at radius 1 is 0.955 bits per heavy atom. The van der Waals surface area contributed by atoms with Crippen molar-refractivity contribution in [3.05, 3.63) is 30.3 Å². The second-order valence-electron chi connectivity index (χ2n) is 5.58. The molecule has 0 aromatic heterocycles. The van der Waals surface area contributed by atoms with Gasteiger partial charge in [-0.05, 0) is 31.9 Å². The lowest BCUT2D eigenvalue weighted by molar-refractivity contribution is -0.151. The predicted molar refractivity (Wildman–Crippen MR) is 90.1 cm³/mol. The van der Waals surface area contributed by atoms with Crippen LogP contribution in [0.3, 0.4) is 0 Å². The zero-order valence-electron chi connectivity index (χ0n) is 14.1. The Morgan fingerprint density at radius 2 is 1.59 bits per heavy atom. The van der Waals surface area contributed by atoms with Crippen molar-refractivity contribution in [3.63, 3.8) is 0 Å². The topological polar surface area (TPSA) is 35.5 Å². The van der Waals surface area contributed by atoms with Gasteiger partial charge in [-0.3, -0.25) is 0 Å². The SMILES string of the molecule is CCCCCCCCCC(Oc1ccccc1)C(=O)OCC. The molecule has 1 aromatic rings. The summed E-state index contributed by atoms with van der Waals surface area (Å²) in [6.07, 6.45) is 8.83. The molecule has 0 amide bonds. The summed E-state index contributed by atoms with van der Waals surface area (Å²) in [7, 11) is 0. The highest BCUT2D eigenvalue weighted by Crippen LogP contribution is 2.16. The van der Waals surface area contributed by atoms with E-state index in [1.54, 1.807) is 0 Å². The molecule has 0 fully saturated rings. The zero-order valence-corrected chi connectivity index (χ0v) is 14.1. The minimum atomic E-state index is -0.488. The molecule has 1 rings (SSSR count). The van der Waals surface area contributed by atoms with Gasteiger partial charge in [-0.25, -0.2) is 4.79 Å². The Kier molecular flexibility index (Phi) is 10.2. The standard InChI is InChI=1S/C19H30O3/c1-3-5-6-7-8-9-13-16-18(19(20)21-4-2)22-17-14-11-10-12-15-17/h10-12,14-15,18H,3-9,13,16H2,1-2H3. The van der Waals surface area contributed by atoms with Crippen LogP contribution in [0, 0.1) is 0 Å². The number of rotatable bonds is 12. The maximum atomic E-state index is 12.0. The summed E-state index contributed by atoms with van der Waals surface area (Å²) in [6.45, 7) is 4.45. The lowest BCUT2D eigenvalue weighted by Crippen LogP contribution is -2.29. The van der Waals surface area contributed by atoms with Gasteiger partial charge in [0.05, 0.1) is 6.61 Å². The number of carbonyl (C=O) groups excluding carboxylic acids is 1. The van der Waals surface area contributed by atoms with Crippen LogP contribution >= 0.6 is 0 Å². The zero-order chi connectivity index (χ0) is 16.0. The molecule has 3 nitrogen and oxygen atoms in total. The number of esters is 1. The number of para-hydroxylation sites is 1. The Morgan fingerprint density at radius 3 is 2.23 bits per heavy atom. The minimum Gasteiger partial charge on any atom is -0.479 e. The monoisotopic (exact) mass is 306 g/mol. The molecule has 0 bridgehead atoms. The highest BCUT2D eigenvalue weighted by molar-refractivity contribution is 5.75. The lowest BCUT2D eigenvalue weighted by atomic mass is 10.1. The van der Waals surface area contributed by atoms with Gasteiger partial charge < -0.3 is 9.47 Å². The molecule has 0 N–H and O–H groups in total. The average molecular weight is 306 g/mol. The second-order valence-corrected chi connectivity index (χ2v) is 5.58. The molecule has 0 aliphatic heterocycles. The van der Waals surface area contributed by atoms with Crippen LogP contribution in [0.25, 0.3) is 0 Å². The summed E-state index contributed by atoms with van der Waals surface area (Å²) < 4.78 is 10.9. The third-order valence-electron chi connectivity index (χ3n) is 3.64. The van der Waals surface area contributed by atoms with Gasteiger partial charge in [-0.2, -0.15) is 0 Å². The van der Waals surface area contributed by atoms with Crippen molar-refractivity contribution in [2.75, 3.05) is 6.61 Å². The van der Waals surface area contributed by atoms with E-state index in [2.05, 4.69) is 6.92 Å². The van der Waals surface area contributed by atoms with Crippen molar-refractivity contribution >= 4 is 5.97 Å². The molecule has 0 aliphatic carbocycles. The number of unbranched alkanes of at least 4 members (excludes halogenated alkanes) is 6. The number of ether oxygens (including phenoxy) is 2. The van der Waals surface area contributed by atoms with Gasteiger partial charge >= 0.3 is 5.97 Å². The molecule has 0 radical (unpaired) electrons. The summed E-state index contributed by atoms with van der Waals surface area (Å²) in [6, 6.07) is 9.49.